The Hall–Kier alpha value is -2.31. The van der Waals surface area contributed by atoms with Crippen LogP contribution < -0.4 is 9.64 Å². The van der Waals surface area contributed by atoms with Gasteiger partial charge in [-0.2, -0.15) is 18.2 Å². The first-order valence-electron chi connectivity index (χ1n) is 9.12. The molecule has 148 valence electrons. The maximum Gasteiger partial charge on any atom is 0.421 e. The molecule has 0 unspecified atom stereocenters. The van der Waals surface area contributed by atoms with Crippen molar-refractivity contribution in [2.24, 2.45) is 5.92 Å². The number of rotatable bonds is 8. The standard InChI is InChI=1S/C20H26F3N3O/c1-5-6-10-27-19-24-13-17(20(21,22)23)18(25-19)26(4)16-9-7-8-15(12-16)11-14(2)3/h7-9,12-14H,5-6,10-11H2,1-4H3. The molecule has 0 radical (unpaired) electrons. The number of aromatic nitrogens is 2. The van der Waals surface area contributed by atoms with Gasteiger partial charge in [-0.1, -0.05) is 39.3 Å². The van der Waals surface area contributed by atoms with Gasteiger partial charge in [-0.15, -0.1) is 0 Å². The van der Waals surface area contributed by atoms with Gasteiger partial charge in [0.2, 0.25) is 0 Å². The maximum atomic E-state index is 13.5. The first-order chi connectivity index (χ1) is 12.7. The maximum absolute atomic E-state index is 13.5. The van der Waals surface area contributed by atoms with Crippen molar-refractivity contribution in [1.82, 2.24) is 9.97 Å². The third-order valence-electron chi connectivity index (χ3n) is 4.04. The van der Waals surface area contributed by atoms with Crippen molar-refractivity contribution in [3.63, 3.8) is 0 Å². The molecule has 0 aliphatic heterocycles. The third-order valence-corrected chi connectivity index (χ3v) is 4.04. The van der Waals surface area contributed by atoms with Crippen LogP contribution >= 0.6 is 0 Å². The summed E-state index contributed by atoms with van der Waals surface area (Å²) >= 11 is 0. The lowest BCUT2D eigenvalue weighted by molar-refractivity contribution is -0.137. The Labute approximate surface area is 158 Å². The molecule has 7 heteroatoms. The minimum atomic E-state index is -4.55. The average molecular weight is 381 g/mol. The number of ether oxygens (including phenoxy) is 1. The van der Waals surface area contributed by atoms with Crippen LogP contribution in [-0.4, -0.2) is 23.6 Å². The Balaban J connectivity index is 2.39. The lowest BCUT2D eigenvalue weighted by Gasteiger charge is -2.23. The molecule has 1 heterocycles. The van der Waals surface area contributed by atoms with Gasteiger partial charge < -0.3 is 9.64 Å². The number of unbranched alkanes of at least 4 members (excludes halogenated alkanes) is 1. The van der Waals surface area contributed by atoms with Crippen LogP contribution in [0, 0.1) is 5.92 Å². The zero-order valence-electron chi connectivity index (χ0n) is 16.2. The van der Waals surface area contributed by atoms with E-state index in [4.69, 9.17) is 4.74 Å². The Kier molecular flexibility index (Phi) is 7.05. The summed E-state index contributed by atoms with van der Waals surface area (Å²) in [6.07, 6.45) is -1.22. The fourth-order valence-corrected chi connectivity index (χ4v) is 2.68. The summed E-state index contributed by atoms with van der Waals surface area (Å²) in [5, 5.41) is 0. The van der Waals surface area contributed by atoms with E-state index in [-0.39, 0.29) is 11.8 Å². The molecule has 0 aliphatic carbocycles. The van der Waals surface area contributed by atoms with E-state index in [1.807, 2.05) is 25.1 Å². The molecule has 1 aromatic heterocycles. The number of anilines is 2. The summed E-state index contributed by atoms with van der Waals surface area (Å²) in [4.78, 5) is 9.21. The molecule has 0 bridgehead atoms. The second-order valence-corrected chi connectivity index (χ2v) is 6.92. The van der Waals surface area contributed by atoms with Crippen LogP contribution in [0.15, 0.2) is 30.5 Å². The van der Waals surface area contributed by atoms with Gasteiger partial charge in [0.25, 0.3) is 0 Å². The largest absolute Gasteiger partial charge is 0.463 e. The number of halogens is 3. The van der Waals surface area contributed by atoms with E-state index >= 15 is 0 Å². The van der Waals surface area contributed by atoms with E-state index in [0.29, 0.717) is 18.2 Å². The molecule has 27 heavy (non-hydrogen) atoms. The Morgan fingerprint density at radius 2 is 1.96 bits per heavy atom. The first-order valence-corrected chi connectivity index (χ1v) is 9.12. The molecule has 0 atom stereocenters. The summed E-state index contributed by atoms with van der Waals surface area (Å²) < 4.78 is 45.8. The van der Waals surface area contributed by atoms with E-state index in [1.165, 1.54) is 4.90 Å². The lowest BCUT2D eigenvalue weighted by Crippen LogP contribution is -2.19. The quantitative estimate of drug-likeness (QED) is 0.555. The zero-order valence-corrected chi connectivity index (χ0v) is 16.2. The fourth-order valence-electron chi connectivity index (χ4n) is 2.68. The van der Waals surface area contributed by atoms with Crippen LogP contribution in [0.1, 0.15) is 44.7 Å². The predicted octanol–water partition coefficient (Wildman–Crippen LogP) is 5.64. The number of hydrogen-bond donors (Lipinski definition) is 0. The van der Waals surface area contributed by atoms with Crippen LogP contribution in [-0.2, 0) is 12.6 Å². The fraction of sp³-hybridized carbons (Fsp3) is 0.500. The van der Waals surface area contributed by atoms with Gasteiger partial charge in [0.1, 0.15) is 5.56 Å². The van der Waals surface area contributed by atoms with Crippen molar-refractivity contribution < 1.29 is 17.9 Å². The highest BCUT2D eigenvalue weighted by Gasteiger charge is 2.36. The minimum Gasteiger partial charge on any atom is -0.463 e. The van der Waals surface area contributed by atoms with Gasteiger partial charge in [-0.25, -0.2) is 4.98 Å². The molecule has 0 N–H and O–H groups in total. The van der Waals surface area contributed by atoms with Crippen LogP contribution in [0.25, 0.3) is 0 Å². The van der Waals surface area contributed by atoms with Crippen LogP contribution in [0.4, 0.5) is 24.7 Å². The highest BCUT2D eigenvalue weighted by atomic mass is 19.4. The van der Waals surface area contributed by atoms with Crippen molar-refractivity contribution in [3.05, 3.63) is 41.6 Å². The second-order valence-electron chi connectivity index (χ2n) is 6.92. The Bertz CT molecular complexity index is 747. The van der Waals surface area contributed by atoms with Gasteiger partial charge in [0.15, 0.2) is 5.82 Å². The van der Waals surface area contributed by atoms with Crippen molar-refractivity contribution in [2.45, 2.75) is 46.2 Å². The van der Waals surface area contributed by atoms with Crippen molar-refractivity contribution in [2.75, 3.05) is 18.6 Å². The van der Waals surface area contributed by atoms with E-state index < -0.39 is 11.7 Å². The molecule has 0 saturated heterocycles. The molecule has 0 spiro atoms. The highest BCUT2D eigenvalue weighted by Crippen LogP contribution is 2.37. The SMILES string of the molecule is CCCCOc1ncc(C(F)(F)F)c(N(C)c2cccc(CC(C)C)c2)n1. The second kappa shape index (κ2) is 9.06. The topological polar surface area (TPSA) is 38.2 Å². The van der Waals surface area contributed by atoms with Crippen LogP contribution in [0.5, 0.6) is 6.01 Å². The van der Waals surface area contributed by atoms with Crippen molar-refractivity contribution in [1.29, 1.82) is 0 Å². The first kappa shape index (κ1) is 21.0. The Morgan fingerprint density at radius 1 is 1.22 bits per heavy atom. The summed E-state index contributed by atoms with van der Waals surface area (Å²) in [5.74, 6) is 0.236. The zero-order chi connectivity index (χ0) is 20.0. The third kappa shape index (κ3) is 5.84. The highest BCUT2D eigenvalue weighted by molar-refractivity contribution is 5.63. The van der Waals surface area contributed by atoms with Gasteiger partial charge in [-0.3, -0.25) is 0 Å². The number of alkyl halides is 3. The van der Waals surface area contributed by atoms with E-state index in [9.17, 15) is 13.2 Å². The number of nitrogens with zero attached hydrogens (tertiary/aromatic N) is 3. The smallest absolute Gasteiger partial charge is 0.421 e. The van der Waals surface area contributed by atoms with Gasteiger partial charge in [0, 0.05) is 18.9 Å². The van der Waals surface area contributed by atoms with Gasteiger partial charge in [-0.05, 0) is 36.5 Å². The summed E-state index contributed by atoms with van der Waals surface area (Å²) in [6.45, 7) is 6.57. The molecule has 0 fully saturated rings. The van der Waals surface area contributed by atoms with E-state index in [0.717, 1.165) is 31.0 Å². The van der Waals surface area contributed by atoms with Crippen LogP contribution in [0.3, 0.4) is 0 Å². The molecule has 0 saturated carbocycles. The Morgan fingerprint density at radius 3 is 2.59 bits per heavy atom. The summed E-state index contributed by atoms with van der Waals surface area (Å²) in [7, 11) is 1.57. The van der Waals surface area contributed by atoms with E-state index in [2.05, 4.69) is 23.8 Å². The molecule has 4 nitrogen and oxygen atoms in total. The normalized spacial score (nSPS) is 11.7. The lowest BCUT2D eigenvalue weighted by atomic mass is 10.0. The summed E-state index contributed by atoms with van der Waals surface area (Å²) in [6, 6.07) is 7.43. The molecule has 0 amide bonds. The average Bonchev–Trinajstić information content (AvgIpc) is 2.60. The van der Waals surface area contributed by atoms with Gasteiger partial charge >= 0.3 is 12.2 Å². The predicted molar refractivity (Wildman–Crippen MR) is 100 cm³/mol. The van der Waals surface area contributed by atoms with Gasteiger partial charge in [0.05, 0.1) is 6.61 Å². The van der Waals surface area contributed by atoms with Crippen molar-refractivity contribution >= 4 is 11.5 Å². The molecular formula is C20H26F3N3O. The summed E-state index contributed by atoms with van der Waals surface area (Å²) in [5.41, 5.74) is 0.815. The molecule has 0 aliphatic rings. The van der Waals surface area contributed by atoms with Crippen LogP contribution in [0.2, 0.25) is 0 Å². The number of benzene rings is 1. The number of hydrogen-bond acceptors (Lipinski definition) is 4. The van der Waals surface area contributed by atoms with Crippen molar-refractivity contribution in [3.8, 4) is 6.01 Å². The minimum absolute atomic E-state index is 0.0448. The molecule has 1 aromatic carbocycles. The molecule has 2 aromatic rings. The molecule has 2 rings (SSSR count). The monoisotopic (exact) mass is 381 g/mol. The van der Waals surface area contributed by atoms with E-state index in [1.54, 1.807) is 13.1 Å². The molecular weight excluding hydrogens is 355 g/mol.